The molecule has 1 amide bonds. The number of amides is 1. The van der Waals surface area contributed by atoms with Gasteiger partial charge in [0.05, 0.1) is 0 Å². The van der Waals surface area contributed by atoms with Gasteiger partial charge < -0.3 is 10.6 Å². The van der Waals surface area contributed by atoms with Gasteiger partial charge in [0.2, 0.25) is 0 Å². The number of halogens is 4. The largest absolute Gasteiger partial charge is 0.383 e. The molecule has 0 spiro atoms. The number of carbonyl (C=O) groups excluding carboxylic acids is 1. The van der Waals surface area contributed by atoms with E-state index < -0.39 is 18.3 Å². The third-order valence-electron chi connectivity index (χ3n) is 3.28. The van der Waals surface area contributed by atoms with Crippen molar-refractivity contribution in [1.82, 2.24) is 10.6 Å². The minimum atomic E-state index is -4.61. The van der Waals surface area contributed by atoms with Gasteiger partial charge in [-0.25, -0.2) is 8.78 Å². The van der Waals surface area contributed by atoms with Crippen LogP contribution in [0.3, 0.4) is 0 Å². The molecular weight excluding hydrogens is 264 g/mol. The van der Waals surface area contributed by atoms with Crippen LogP contribution in [0.2, 0.25) is 0 Å². The zero-order valence-electron chi connectivity index (χ0n) is 10.7. The molecule has 19 heavy (non-hydrogen) atoms. The molecule has 0 aromatic rings. The Bertz CT molecular complexity index is 279. The maximum atomic E-state index is 12.6. The summed E-state index contributed by atoms with van der Waals surface area (Å²) in [5.74, 6) is -6.52. The van der Waals surface area contributed by atoms with Crippen LogP contribution in [0.1, 0.15) is 38.5 Å². The van der Waals surface area contributed by atoms with Crippen LogP contribution in [-0.4, -0.2) is 37.4 Å². The smallest absolute Gasteiger partial charge is 0.349 e. The van der Waals surface area contributed by atoms with Gasteiger partial charge in [-0.05, 0) is 12.8 Å². The molecule has 2 N–H and O–H groups in total. The van der Waals surface area contributed by atoms with E-state index in [1.54, 1.807) is 0 Å². The quantitative estimate of drug-likeness (QED) is 0.446. The lowest BCUT2D eigenvalue weighted by molar-refractivity contribution is -0.169. The number of hydrogen-bond donors (Lipinski definition) is 2. The van der Waals surface area contributed by atoms with Crippen molar-refractivity contribution in [2.24, 2.45) is 0 Å². The minimum absolute atomic E-state index is 0.0718. The van der Waals surface area contributed by atoms with Gasteiger partial charge in [0, 0.05) is 19.1 Å². The number of rotatable bonds is 6. The monoisotopic (exact) mass is 284 g/mol. The highest BCUT2D eigenvalue weighted by atomic mass is 19.3. The average molecular weight is 284 g/mol. The molecule has 0 unspecified atom stereocenters. The lowest BCUT2D eigenvalue weighted by Crippen LogP contribution is -2.47. The average Bonchev–Trinajstić information content (AvgIpc) is 2.62. The van der Waals surface area contributed by atoms with Crippen molar-refractivity contribution in [2.75, 3.05) is 13.1 Å². The van der Waals surface area contributed by atoms with Gasteiger partial charge in [0.15, 0.2) is 0 Å². The van der Waals surface area contributed by atoms with Crippen molar-refractivity contribution >= 4 is 5.91 Å². The first-order valence-corrected chi connectivity index (χ1v) is 6.62. The number of hydrogen-bond acceptors (Lipinski definition) is 2. The SMILES string of the molecule is O=C(NCCNC1CCCCCC1)C(F)(F)C(F)F. The second-order valence-electron chi connectivity index (χ2n) is 4.82. The van der Waals surface area contributed by atoms with Crippen LogP contribution >= 0.6 is 0 Å². The maximum Gasteiger partial charge on any atom is 0.383 e. The van der Waals surface area contributed by atoms with E-state index in [0.29, 0.717) is 12.6 Å². The molecule has 0 bridgehead atoms. The fraction of sp³-hybridized carbons (Fsp3) is 0.917. The molecule has 0 heterocycles. The van der Waals surface area contributed by atoms with Crippen LogP contribution in [0.5, 0.6) is 0 Å². The van der Waals surface area contributed by atoms with Crippen molar-refractivity contribution in [3.63, 3.8) is 0 Å². The fourth-order valence-electron chi connectivity index (χ4n) is 2.15. The van der Waals surface area contributed by atoms with Crippen LogP contribution in [0.15, 0.2) is 0 Å². The van der Waals surface area contributed by atoms with Gasteiger partial charge in [-0.1, -0.05) is 25.7 Å². The predicted octanol–water partition coefficient (Wildman–Crippen LogP) is 2.32. The molecule has 0 saturated heterocycles. The maximum absolute atomic E-state index is 12.6. The van der Waals surface area contributed by atoms with Crippen molar-refractivity contribution in [2.45, 2.75) is 56.9 Å². The lowest BCUT2D eigenvalue weighted by Gasteiger charge is -2.18. The summed E-state index contributed by atoms with van der Waals surface area (Å²) in [4.78, 5) is 10.8. The van der Waals surface area contributed by atoms with Gasteiger partial charge in [-0.15, -0.1) is 0 Å². The van der Waals surface area contributed by atoms with E-state index >= 15 is 0 Å². The molecule has 1 rings (SSSR count). The first kappa shape index (κ1) is 16.2. The van der Waals surface area contributed by atoms with Crippen molar-refractivity contribution in [3.05, 3.63) is 0 Å². The van der Waals surface area contributed by atoms with Gasteiger partial charge in [0.1, 0.15) is 0 Å². The Morgan fingerprint density at radius 2 is 1.68 bits per heavy atom. The summed E-state index contributed by atoms with van der Waals surface area (Å²) < 4.78 is 48.9. The molecule has 0 atom stereocenters. The summed E-state index contributed by atoms with van der Waals surface area (Å²) in [6.07, 6.45) is 2.76. The summed E-state index contributed by atoms with van der Waals surface area (Å²) in [7, 11) is 0. The molecular formula is C12H20F4N2O. The van der Waals surface area contributed by atoms with Crippen LogP contribution in [0.25, 0.3) is 0 Å². The molecule has 0 aliphatic heterocycles. The Labute approximate surface area is 110 Å². The molecule has 1 fully saturated rings. The number of nitrogens with one attached hydrogen (secondary N) is 2. The topological polar surface area (TPSA) is 41.1 Å². The highest BCUT2D eigenvalue weighted by Crippen LogP contribution is 2.22. The second kappa shape index (κ2) is 7.67. The van der Waals surface area contributed by atoms with E-state index in [0.717, 1.165) is 25.7 Å². The third-order valence-corrected chi connectivity index (χ3v) is 3.28. The molecule has 0 aromatic carbocycles. The van der Waals surface area contributed by atoms with Crippen molar-refractivity contribution < 1.29 is 22.4 Å². The molecule has 1 aliphatic rings. The fourth-order valence-corrected chi connectivity index (χ4v) is 2.15. The molecule has 0 aromatic heterocycles. The van der Waals surface area contributed by atoms with Crippen LogP contribution < -0.4 is 10.6 Å². The van der Waals surface area contributed by atoms with Crippen LogP contribution in [0.4, 0.5) is 17.6 Å². The van der Waals surface area contributed by atoms with Crippen molar-refractivity contribution in [1.29, 1.82) is 0 Å². The zero-order valence-corrected chi connectivity index (χ0v) is 10.7. The Morgan fingerprint density at radius 1 is 1.11 bits per heavy atom. The van der Waals surface area contributed by atoms with Gasteiger partial charge >= 0.3 is 12.3 Å². The van der Waals surface area contributed by atoms with Crippen LogP contribution in [0, 0.1) is 0 Å². The molecule has 7 heteroatoms. The molecule has 0 radical (unpaired) electrons. The van der Waals surface area contributed by atoms with E-state index in [2.05, 4.69) is 5.32 Å². The number of carbonyl (C=O) groups is 1. The summed E-state index contributed by atoms with van der Waals surface area (Å²) in [6, 6.07) is 0.329. The first-order valence-electron chi connectivity index (χ1n) is 6.62. The summed E-state index contributed by atoms with van der Waals surface area (Å²) in [6.45, 7) is 0.243. The summed E-state index contributed by atoms with van der Waals surface area (Å²) in [5, 5.41) is 4.98. The van der Waals surface area contributed by atoms with E-state index in [9.17, 15) is 22.4 Å². The third kappa shape index (κ3) is 5.34. The first-order chi connectivity index (χ1) is 8.94. The van der Waals surface area contributed by atoms with Crippen LogP contribution in [-0.2, 0) is 4.79 Å². The molecule has 112 valence electrons. The van der Waals surface area contributed by atoms with Gasteiger partial charge in [0.25, 0.3) is 5.91 Å². The molecule has 1 saturated carbocycles. The highest BCUT2D eigenvalue weighted by molar-refractivity contribution is 5.83. The Hall–Kier alpha value is -0.850. The Kier molecular flexibility index (Phi) is 6.54. The van der Waals surface area contributed by atoms with E-state index in [1.165, 1.54) is 12.8 Å². The molecule has 1 aliphatic carbocycles. The summed E-state index contributed by atoms with van der Waals surface area (Å²) >= 11 is 0. The molecule has 3 nitrogen and oxygen atoms in total. The van der Waals surface area contributed by atoms with Gasteiger partial charge in [-0.2, -0.15) is 8.78 Å². The summed E-state index contributed by atoms with van der Waals surface area (Å²) in [5.41, 5.74) is 0. The van der Waals surface area contributed by atoms with E-state index in [4.69, 9.17) is 0 Å². The highest BCUT2D eigenvalue weighted by Gasteiger charge is 2.48. The normalized spacial score (nSPS) is 18.4. The van der Waals surface area contributed by atoms with Crippen molar-refractivity contribution in [3.8, 4) is 0 Å². The number of alkyl halides is 4. The zero-order chi connectivity index (χ0) is 14.3. The second-order valence-corrected chi connectivity index (χ2v) is 4.82. The Morgan fingerprint density at radius 3 is 2.21 bits per heavy atom. The standard InChI is InChI=1S/C12H20F4N2O/c13-10(14)12(15,16)11(19)18-8-7-17-9-5-3-1-2-4-6-9/h9-10,17H,1-8H2,(H,18,19). The minimum Gasteiger partial charge on any atom is -0.349 e. The predicted molar refractivity (Wildman–Crippen MR) is 63.5 cm³/mol. The Balaban J connectivity index is 2.18. The van der Waals surface area contributed by atoms with E-state index in [1.807, 2.05) is 5.32 Å². The lowest BCUT2D eigenvalue weighted by atomic mass is 10.1. The van der Waals surface area contributed by atoms with Gasteiger partial charge in [-0.3, -0.25) is 4.79 Å². The van der Waals surface area contributed by atoms with E-state index in [-0.39, 0.29) is 6.54 Å².